The maximum absolute atomic E-state index is 13.6. The van der Waals surface area contributed by atoms with Gasteiger partial charge in [-0.25, -0.2) is 4.39 Å². The molecule has 0 saturated heterocycles. The van der Waals surface area contributed by atoms with Crippen LogP contribution in [0.4, 0.5) is 22.0 Å². The molecule has 4 rings (SSSR count). The lowest BCUT2D eigenvalue weighted by atomic mass is 10.0. The molecule has 2 N–H and O–H groups in total. The third-order valence-corrected chi connectivity index (χ3v) is 6.75. The summed E-state index contributed by atoms with van der Waals surface area (Å²) < 4.78 is 82.9. The van der Waals surface area contributed by atoms with E-state index in [1.54, 1.807) is 36.4 Å². The Morgan fingerprint density at radius 2 is 1.57 bits per heavy atom. The third kappa shape index (κ3) is 9.71. The summed E-state index contributed by atoms with van der Waals surface area (Å²) in [6, 6.07) is 12.9. The average molecular weight is 648 g/mol. The first-order valence-corrected chi connectivity index (χ1v) is 14.2. The molecule has 0 saturated carbocycles. The molecule has 4 aromatic rings. The maximum Gasteiger partial charge on any atom is 0.573 e. The van der Waals surface area contributed by atoms with Crippen molar-refractivity contribution in [2.75, 3.05) is 13.2 Å². The van der Waals surface area contributed by atoms with Crippen LogP contribution in [0.5, 0.6) is 17.2 Å². The monoisotopic (exact) mass is 647 g/mol. The summed E-state index contributed by atoms with van der Waals surface area (Å²) in [6.07, 6.45) is 1.08. The summed E-state index contributed by atoms with van der Waals surface area (Å²) in [6.45, 7) is 0.0503. The molecule has 1 aromatic heterocycles. The van der Waals surface area contributed by atoms with Gasteiger partial charge >= 0.3 is 18.3 Å². The Hall–Kier alpha value is -5.07. The second-order valence-corrected chi connectivity index (χ2v) is 10.2. The van der Waals surface area contributed by atoms with Crippen LogP contribution in [0.25, 0.3) is 23.1 Å². The molecule has 0 bridgehead atoms. The molecule has 8 nitrogen and oxygen atoms in total. The van der Waals surface area contributed by atoms with Crippen LogP contribution >= 0.6 is 0 Å². The second-order valence-electron chi connectivity index (χ2n) is 10.2. The SMILES string of the molecule is O=C(O)CCCc1cn(CC(=O)O)c2c(C=Cc3ccc(OCCCCOc4cccc(F)c4F)cc3)cc(OC(F)(F)F)cc12. The molecule has 1 heterocycles. The van der Waals surface area contributed by atoms with Gasteiger partial charge in [-0.2, -0.15) is 4.39 Å². The van der Waals surface area contributed by atoms with Gasteiger partial charge in [0.15, 0.2) is 11.6 Å². The Bertz CT molecular complexity index is 1700. The van der Waals surface area contributed by atoms with Crippen molar-refractivity contribution >= 4 is 35.0 Å². The van der Waals surface area contributed by atoms with Gasteiger partial charge in [0, 0.05) is 23.6 Å². The fourth-order valence-electron chi connectivity index (χ4n) is 4.77. The summed E-state index contributed by atoms with van der Waals surface area (Å²) in [4.78, 5) is 22.6. The summed E-state index contributed by atoms with van der Waals surface area (Å²) in [5.41, 5.74) is 1.80. The van der Waals surface area contributed by atoms with E-state index in [1.165, 1.54) is 29.0 Å². The van der Waals surface area contributed by atoms with E-state index in [9.17, 15) is 36.6 Å². The number of unbranched alkanes of at least 4 members (excludes halogenated alkanes) is 1. The van der Waals surface area contributed by atoms with E-state index in [1.807, 2.05) is 0 Å². The van der Waals surface area contributed by atoms with E-state index in [0.717, 1.165) is 12.1 Å². The minimum absolute atomic E-state index is 0.156. The molecule has 0 amide bonds. The zero-order valence-electron chi connectivity index (χ0n) is 24.4. The van der Waals surface area contributed by atoms with Gasteiger partial charge in [-0.1, -0.05) is 30.4 Å². The maximum atomic E-state index is 13.6. The number of rotatable bonds is 16. The van der Waals surface area contributed by atoms with Crippen LogP contribution < -0.4 is 14.2 Å². The molecule has 0 fully saturated rings. The Labute approximate surface area is 260 Å². The van der Waals surface area contributed by atoms with E-state index >= 15 is 0 Å². The quantitative estimate of drug-likeness (QED) is 0.0729. The highest BCUT2D eigenvalue weighted by molar-refractivity contribution is 5.95. The number of aliphatic carboxylic acids is 2. The highest BCUT2D eigenvalue weighted by Gasteiger charge is 2.31. The first-order valence-electron chi connectivity index (χ1n) is 14.2. The topological polar surface area (TPSA) is 107 Å². The molecule has 0 spiro atoms. The van der Waals surface area contributed by atoms with Crippen LogP contribution in [0.2, 0.25) is 0 Å². The number of fused-ring (bicyclic) bond motifs is 1. The van der Waals surface area contributed by atoms with Crippen LogP contribution in [0.3, 0.4) is 0 Å². The van der Waals surface area contributed by atoms with Crippen molar-refractivity contribution in [1.29, 1.82) is 0 Å². The first kappa shape index (κ1) is 33.8. The largest absolute Gasteiger partial charge is 0.573 e. The number of hydrogen-bond donors (Lipinski definition) is 2. The lowest BCUT2D eigenvalue weighted by Crippen LogP contribution is -2.17. The van der Waals surface area contributed by atoms with Crippen molar-refractivity contribution in [3.8, 4) is 17.2 Å². The number of aromatic nitrogens is 1. The molecule has 0 atom stereocenters. The van der Waals surface area contributed by atoms with Gasteiger partial charge in [0.05, 0.1) is 18.7 Å². The van der Waals surface area contributed by atoms with Gasteiger partial charge in [0.25, 0.3) is 0 Å². The third-order valence-electron chi connectivity index (χ3n) is 6.75. The summed E-state index contributed by atoms with van der Waals surface area (Å²) in [5.74, 6) is -4.31. The molecule has 46 heavy (non-hydrogen) atoms. The Kier molecular flexibility index (Phi) is 11.2. The molecule has 0 aliphatic carbocycles. The van der Waals surface area contributed by atoms with Crippen molar-refractivity contribution < 1.29 is 56.0 Å². The fraction of sp³-hybridized carbons (Fsp3) is 0.273. The highest BCUT2D eigenvalue weighted by atomic mass is 19.4. The Morgan fingerprint density at radius 1 is 0.848 bits per heavy atom. The standard InChI is InChI=1S/C33H30F5NO7/c34-27-6-4-7-28(31(27)35)45-16-2-1-15-44-24-13-10-21(11-14-24)9-12-22-17-25(46-33(36,37)38)18-26-23(5-3-8-29(40)41)19-39(32(22)26)20-30(42)43/h4,6-7,9-14,17-19H,1-3,5,8,15-16,20H2,(H,40,41)(H,42,43). The molecule has 0 aliphatic heterocycles. The number of halogens is 5. The van der Waals surface area contributed by atoms with Crippen LogP contribution in [0.15, 0.2) is 60.8 Å². The molecular weight excluding hydrogens is 617 g/mol. The second kappa shape index (κ2) is 15.3. The number of benzene rings is 3. The van der Waals surface area contributed by atoms with Gasteiger partial charge in [-0.05, 0) is 73.2 Å². The summed E-state index contributed by atoms with van der Waals surface area (Å²) in [7, 11) is 0. The van der Waals surface area contributed by atoms with Crippen LogP contribution in [0, 0.1) is 11.6 Å². The number of alkyl halides is 3. The van der Waals surface area contributed by atoms with Crippen LogP contribution in [0.1, 0.15) is 42.4 Å². The Morgan fingerprint density at radius 3 is 2.24 bits per heavy atom. The number of nitrogens with zero attached hydrogens (tertiary/aromatic N) is 1. The number of carboxylic acid groups (broad SMARTS) is 2. The molecule has 13 heteroatoms. The van der Waals surface area contributed by atoms with E-state index in [4.69, 9.17) is 14.6 Å². The van der Waals surface area contributed by atoms with Crippen LogP contribution in [-0.2, 0) is 22.6 Å². The van der Waals surface area contributed by atoms with Crippen molar-refractivity contribution in [2.24, 2.45) is 0 Å². The molecule has 0 aliphatic rings. The number of carboxylic acids is 2. The lowest BCUT2D eigenvalue weighted by Gasteiger charge is -2.12. The average Bonchev–Trinajstić information content (AvgIpc) is 3.31. The summed E-state index contributed by atoms with van der Waals surface area (Å²) in [5, 5.41) is 18.8. The molecular formula is C33H30F5NO7. The zero-order valence-corrected chi connectivity index (χ0v) is 24.4. The lowest BCUT2D eigenvalue weighted by molar-refractivity contribution is -0.274. The van der Waals surface area contributed by atoms with Crippen molar-refractivity contribution in [2.45, 2.75) is 45.0 Å². The van der Waals surface area contributed by atoms with Gasteiger partial charge in [0.2, 0.25) is 5.82 Å². The van der Waals surface area contributed by atoms with E-state index in [2.05, 4.69) is 4.74 Å². The smallest absolute Gasteiger partial charge is 0.494 e. The first-order chi connectivity index (χ1) is 21.9. The molecule has 0 radical (unpaired) electrons. The number of carbonyl (C=O) groups is 2. The molecule has 244 valence electrons. The normalized spacial score (nSPS) is 11.7. The number of aryl methyl sites for hydroxylation is 1. The van der Waals surface area contributed by atoms with Crippen molar-refractivity contribution in [3.05, 3.63) is 89.1 Å². The Balaban J connectivity index is 1.46. The number of ether oxygens (including phenoxy) is 3. The van der Waals surface area contributed by atoms with Gasteiger partial charge in [-0.3, -0.25) is 9.59 Å². The predicted octanol–water partition coefficient (Wildman–Crippen LogP) is 7.72. The van der Waals surface area contributed by atoms with Crippen LogP contribution in [-0.4, -0.2) is 46.3 Å². The molecule has 3 aromatic carbocycles. The molecule has 0 unspecified atom stereocenters. The summed E-state index contributed by atoms with van der Waals surface area (Å²) >= 11 is 0. The van der Waals surface area contributed by atoms with Gasteiger partial charge in [-0.15, -0.1) is 13.2 Å². The highest BCUT2D eigenvalue weighted by Crippen LogP contribution is 2.34. The van der Waals surface area contributed by atoms with E-state index in [-0.39, 0.29) is 37.2 Å². The zero-order chi connectivity index (χ0) is 33.3. The van der Waals surface area contributed by atoms with E-state index < -0.39 is 42.2 Å². The fourth-order valence-corrected chi connectivity index (χ4v) is 4.77. The van der Waals surface area contributed by atoms with Gasteiger partial charge in [0.1, 0.15) is 18.0 Å². The van der Waals surface area contributed by atoms with Gasteiger partial charge < -0.3 is 29.0 Å². The predicted molar refractivity (Wildman–Crippen MR) is 159 cm³/mol. The van der Waals surface area contributed by atoms with Crippen molar-refractivity contribution in [1.82, 2.24) is 4.57 Å². The minimum Gasteiger partial charge on any atom is -0.494 e. The van der Waals surface area contributed by atoms with E-state index in [0.29, 0.717) is 47.2 Å². The van der Waals surface area contributed by atoms with Crippen molar-refractivity contribution in [3.63, 3.8) is 0 Å². The number of hydrogen-bond acceptors (Lipinski definition) is 5. The minimum atomic E-state index is -4.97.